The Hall–Kier alpha value is -2.24. The first-order valence-corrected chi connectivity index (χ1v) is 7.83. The highest BCUT2D eigenvalue weighted by Crippen LogP contribution is 2.46. The summed E-state index contributed by atoms with van der Waals surface area (Å²) in [6, 6.07) is 15.1. The van der Waals surface area contributed by atoms with Gasteiger partial charge in [0, 0.05) is 23.7 Å². The van der Waals surface area contributed by atoms with E-state index in [0.29, 0.717) is 5.02 Å². The van der Waals surface area contributed by atoms with Gasteiger partial charge in [-0.15, -0.1) is 0 Å². The summed E-state index contributed by atoms with van der Waals surface area (Å²) in [7, 11) is 0. The maximum absolute atomic E-state index is 10.8. The molecule has 0 spiro atoms. The summed E-state index contributed by atoms with van der Waals surface area (Å²) in [4.78, 5) is 17.5. The number of benzene rings is 2. The second-order valence-corrected chi connectivity index (χ2v) is 6.19. The van der Waals surface area contributed by atoms with E-state index >= 15 is 0 Å². The second-order valence-electron chi connectivity index (χ2n) is 5.75. The van der Waals surface area contributed by atoms with Gasteiger partial charge in [0.15, 0.2) is 0 Å². The number of rotatable bonds is 3. The third-order valence-electron chi connectivity index (χ3n) is 4.43. The predicted molar refractivity (Wildman–Crippen MR) is 89.2 cm³/mol. The van der Waals surface area contributed by atoms with Crippen LogP contribution in [-0.4, -0.2) is 34.7 Å². The molecule has 0 radical (unpaired) electrons. The molecule has 0 aliphatic carbocycles. The van der Waals surface area contributed by atoms with Crippen LogP contribution in [0.2, 0.25) is 5.02 Å². The molecule has 0 saturated carbocycles. The molecule has 1 fully saturated rings. The van der Waals surface area contributed by atoms with Crippen molar-refractivity contribution in [3.05, 3.63) is 74.8 Å². The number of nitro groups is 1. The Labute approximate surface area is 138 Å². The highest BCUT2D eigenvalue weighted by molar-refractivity contribution is 6.30. The molecule has 3 unspecified atom stereocenters. The van der Waals surface area contributed by atoms with Gasteiger partial charge >= 0.3 is 0 Å². The van der Waals surface area contributed by atoms with E-state index in [-0.39, 0.29) is 22.7 Å². The number of fused-ring (bicyclic) bond motifs is 1. The molecular formula is C17H14ClN3O2. The minimum atomic E-state index is -0.370. The van der Waals surface area contributed by atoms with Gasteiger partial charge < -0.3 is 0 Å². The third kappa shape index (κ3) is 2.52. The fourth-order valence-electron chi connectivity index (χ4n) is 3.29. The fourth-order valence-corrected chi connectivity index (χ4v) is 3.42. The predicted octanol–water partition coefficient (Wildman–Crippen LogP) is 3.48. The van der Waals surface area contributed by atoms with Crippen LogP contribution in [0, 0.1) is 10.1 Å². The maximum atomic E-state index is 10.8. The van der Waals surface area contributed by atoms with Gasteiger partial charge in [0.2, 0.25) is 0 Å². The Morgan fingerprint density at radius 3 is 2.43 bits per heavy atom. The van der Waals surface area contributed by atoms with Gasteiger partial charge in [-0.3, -0.25) is 20.0 Å². The van der Waals surface area contributed by atoms with Crippen LogP contribution in [0.25, 0.3) is 0 Å². The summed E-state index contributed by atoms with van der Waals surface area (Å²) >= 11 is 5.96. The Morgan fingerprint density at radius 1 is 1.09 bits per heavy atom. The van der Waals surface area contributed by atoms with Crippen LogP contribution in [0.3, 0.4) is 0 Å². The summed E-state index contributed by atoms with van der Waals surface area (Å²) in [6.45, 7) is 1.70. The van der Waals surface area contributed by atoms with E-state index in [0.717, 1.165) is 29.9 Å². The largest absolute Gasteiger partial charge is 0.286 e. The number of halogens is 1. The first-order valence-electron chi connectivity index (χ1n) is 7.45. The Morgan fingerprint density at radius 2 is 1.78 bits per heavy atom. The van der Waals surface area contributed by atoms with Gasteiger partial charge in [0.1, 0.15) is 0 Å². The highest BCUT2D eigenvalue weighted by Gasteiger charge is 2.52. The lowest BCUT2D eigenvalue weighted by atomic mass is 10.0. The Bertz CT molecular complexity index is 786. The Balaban J connectivity index is 1.60. The maximum Gasteiger partial charge on any atom is 0.269 e. The van der Waals surface area contributed by atoms with Crippen LogP contribution >= 0.6 is 11.6 Å². The van der Waals surface area contributed by atoms with Gasteiger partial charge in [-0.25, -0.2) is 0 Å². The zero-order chi connectivity index (χ0) is 16.0. The van der Waals surface area contributed by atoms with Crippen molar-refractivity contribution >= 4 is 23.0 Å². The molecule has 0 bridgehead atoms. The SMILES string of the molecule is O=[N+]([O-])c1ccc(C2C3C(c4ccc(Cl)cc4)=NCCN32)cc1. The van der Waals surface area contributed by atoms with Gasteiger partial charge in [0.25, 0.3) is 5.69 Å². The molecule has 2 aromatic rings. The molecular weight excluding hydrogens is 314 g/mol. The minimum Gasteiger partial charge on any atom is -0.286 e. The average molecular weight is 328 g/mol. The van der Waals surface area contributed by atoms with E-state index < -0.39 is 0 Å². The lowest BCUT2D eigenvalue weighted by Crippen LogP contribution is -2.22. The molecule has 0 amide bonds. The molecule has 4 rings (SSSR count). The fraction of sp³-hybridized carbons (Fsp3) is 0.235. The van der Waals surface area contributed by atoms with Crippen LogP contribution < -0.4 is 0 Å². The summed E-state index contributed by atoms with van der Waals surface area (Å²) in [5.74, 6) is 0. The van der Waals surface area contributed by atoms with Crippen molar-refractivity contribution in [1.82, 2.24) is 4.90 Å². The van der Waals surface area contributed by atoms with Crippen molar-refractivity contribution in [2.75, 3.05) is 13.1 Å². The lowest BCUT2D eigenvalue weighted by Gasteiger charge is -2.12. The van der Waals surface area contributed by atoms with Crippen LogP contribution in [0.15, 0.2) is 53.5 Å². The molecule has 3 atom stereocenters. The lowest BCUT2D eigenvalue weighted by molar-refractivity contribution is -0.384. The molecule has 2 heterocycles. The normalized spacial score (nSPS) is 25.4. The van der Waals surface area contributed by atoms with E-state index in [1.807, 2.05) is 36.4 Å². The van der Waals surface area contributed by atoms with Crippen LogP contribution in [0.4, 0.5) is 5.69 Å². The van der Waals surface area contributed by atoms with Crippen molar-refractivity contribution in [3.8, 4) is 0 Å². The smallest absolute Gasteiger partial charge is 0.269 e. The molecule has 6 heteroatoms. The Kier molecular flexibility index (Phi) is 3.39. The van der Waals surface area contributed by atoms with Gasteiger partial charge in [-0.1, -0.05) is 35.9 Å². The molecule has 2 aliphatic rings. The molecule has 5 nitrogen and oxygen atoms in total. The zero-order valence-electron chi connectivity index (χ0n) is 12.2. The molecule has 0 aromatic heterocycles. The van der Waals surface area contributed by atoms with Crippen molar-refractivity contribution in [1.29, 1.82) is 0 Å². The molecule has 2 aliphatic heterocycles. The molecule has 0 N–H and O–H groups in total. The molecule has 1 saturated heterocycles. The minimum absolute atomic E-state index is 0.124. The first kappa shape index (κ1) is 14.4. The second kappa shape index (κ2) is 5.44. The number of hydrogen-bond acceptors (Lipinski definition) is 4. The quantitative estimate of drug-likeness (QED) is 0.492. The van der Waals surface area contributed by atoms with Gasteiger partial charge in [-0.05, 0) is 23.3 Å². The van der Waals surface area contributed by atoms with Crippen molar-refractivity contribution in [2.24, 2.45) is 4.99 Å². The third-order valence-corrected chi connectivity index (χ3v) is 4.68. The van der Waals surface area contributed by atoms with E-state index in [2.05, 4.69) is 4.90 Å². The van der Waals surface area contributed by atoms with Crippen molar-refractivity contribution in [2.45, 2.75) is 12.1 Å². The summed E-state index contributed by atoms with van der Waals surface area (Å²) < 4.78 is 0. The van der Waals surface area contributed by atoms with E-state index in [9.17, 15) is 10.1 Å². The summed E-state index contributed by atoms with van der Waals surface area (Å²) in [5, 5.41) is 11.5. The van der Waals surface area contributed by atoms with Gasteiger partial charge in [-0.2, -0.15) is 0 Å². The number of nitrogens with zero attached hydrogens (tertiary/aromatic N) is 3. The zero-order valence-corrected chi connectivity index (χ0v) is 13.0. The van der Waals surface area contributed by atoms with E-state index in [4.69, 9.17) is 16.6 Å². The average Bonchev–Trinajstić information content (AvgIpc) is 3.30. The van der Waals surface area contributed by atoms with Crippen molar-refractivity contribution < 1.29 is 4.92 Å². The number of hydrogen-bond donors (Lipinski definition) is 0. The first-order chi connectivity index (χ1) is 11.1. The van der Waals surface area contributed by atoms with E-state index in [1.165, 1.54) is 0 Å². The van der Waals surface area contributed by atoms with E-state index in [1.54, 1.807) is 12.1 Å². The number of aliphatic imine (C=N–C) groups is 1. The number of non-ortho nitro benzene ring substituents is 1. The number of nitro benzene ring substituents is 1. The molecule has 116 valence electrons. The van der Waals surface area contributed by atoms with Crippen molar-refractivity contribution in [3.63, 3.8) is 0 Å². The summed E-state index contributed by atoms with van der Waals surface area (Å²) in [6.07, 6.45) is 0. The highest BCUT2D eigenvalue weighted by atomic mass is 35.5. The topological polar surface area (TPSA) is 58.5 Å². The van der Waals surface area contributed by atoms with Crippen LogP contribution in [-0.2, 0) is 0 Å². The van der Waals surface area contributed by atoms with Crippen LogP contribution in [0.5, 0.6) is 0 Å². The monoisotopic (exact) mass is 327 g/mol. The van der Waals surface area contributed by atoms with Gasteiger partial charge in [0.05, 0.1) is 29.3 Å². The summed E-state index contributed by atoms with van der Waals surface area (Å²) in [5.41, 5.74) is 3.40. The standard InChI is InChI=1S/C17H14ClN3O2/c18-13-5-1-11(2-6-13)15-17-16(20(17)10-9-19-15)12-3-7-14(8-4-12)21(22)23/h1-8,16-17H,9-10H2. The molecule has 2 aromatic carbocycles. The molecule has 23 heavy (non-hydrogen) atoms. The van der Waals surface area contributed by atoms with Crippen LogP contribution in [0.1, 0.15) is 17.2 Å².